The highest BCUT2D eigenvalue weighted by Gasteiger charge is 2.42. The van der Waals surface area contributed by atoms with Crippen LogP contribution in [0.15, 0.2) is 161 Å². The van der Waals surface area contributed by atoms with E-state index in [2.05, 4.69) is 25.3 Å². The minimum absolute atomic E-state index is 0.0178. The number of nitrogens with one attached hydrogen (secondary N) is 2. The molecule has 0 saturated carbocycles. The first-order valence-corrected chi connectivity index (χ1v) is 29.1. The van der Waals surface area contributed by atoms with E-state index < -0.39 is 56.4 Å². The number of aryl methyl sites for hydroxylation is 1. The van der Waals surface area contributed by atoms with E-state index in [1.165, 1.54) is 26.2 Å². The maximum Gasteiger partial charge on any atom is 0.323 e. The van der Waals surface area contributed by atoms with Crippen molar-refractivity contribution < 1.29 is 59.0 Å². The fourth-order valence-electron chi connectivity index (χ4n) is 8.76. The average Bonchev–Trinajstić information content (AvgIpc) is 4.16. The lowest BCUT2D eigenvalue weighted by atomic mass is 9.78. The molecule has 6 aromatic carbocycles. The van der Waals surface area contributed by atoms with E-state index in [9.17, 15) is 26.4 Å². The van der Waals surface area contributed by atoms with Crippen LogP contribution >= 0.6 is 11.3 Å². The molecule has 2 heterocycles. The van der Waals surface area contributed by atoms with Gasteiger partial charge in [0.05, 0.1) is 48.7 Å². The van der Waals surface area contributed by atoms with Gasteiger partial charge in [-0.15, -0.1) is 16.4 Å². The number of carbonyl (C=O) groups is 2. The molecule has 19 nitrogen and oxygen atoms in total. The van der Waals surface area contributed by atoms with Gasteiger partial charge in [-0.2, -0.15) is 13.1 Å². The van der Waals surface area contributed by atoms with Gasteiger partial charge in [-0.3, -0.25) is 13.8 Å². The zero-order valence-electron chi connectivity index (χ0n) is 45.1. The number of methoxy groups -OCH3 is 3. The number of aromatic nitrogens is 4. The van der Waals surface area contributed by atoms with E-state index in [0.717, 1.165) is 22.5 Å². The summed E-state index contributed by atoms with van der Waals surface area (Å²) in [6.45, 7) is 6.82. The minimum atomic E-state index is -4.32. The topological polar surface area (TPSA) is 235 Å². The van der Waals surface area contributed by atoms with E-state index in [0.29, 0.717) is 62.1 Å². The summed E-state index contributed by atoms with van der Waals surface area (Å²) in [5.74, 6) is 1.04. The number of hydrogen-bond donors (Lipinski definition) is 2. The SMILES string of the molecule is COC(=O)C(Cc1ccc(OC(COC(C)=O)COS(=O)(=O)c2ccc(C)cc2)cc1)NC[C@@H](C(C)C)n1cc(COc2ccc3nc(S(=O)(=O)NC(c4ccccc4)(c4ccc(OC)cc4)c4ccc(OC)cc4)sc3c2)nn1. The molecule has 2 N–H and O–H groups in total. The molecule has 0 fully saturated rings. The maximum atomic E-state index is 14.7. The van der Waals surface area contributed by atoms with Crippen molar-refractivity contribution in [2.75, 3.05) is 41.1 Å². The molecule has 22 heteroatoms. The molecule has 8 aromatic rings. The number of fused-ring (bicyclic) bond motifs is 1. The molecule has 0 aliphatic carbocycles. The molecule has 0 radical (unpaired) electrons. The third kappa shape index (κ3) is 14.4. The lowest BCUT2D eigenvalue weighted by molar-refractivity contribution is -0.144. The first kappa shape index (κ1) is 58.4. The van der Waals surface area contributed by atoms with Crippen molar-refractivity contribution in [1.82, 2.24) is 30.0 Å². The Hall–Kier alpha value is -7.73. The van der Waals surface area contributed by atoms with Crippen LogP contribution in [0.4, 0.5) is 0 Å². The Morgan fingerprint density at radius 1 is 0.738 bits per heavy atom. The Kier molecular flexibility index (Phi) is 19.0. The Morgan fingerprint density at radius 2 is 1.35 bits per heavy atom. The van der Waals surface area contributed by atoms with Crippen molar-refractivity contribution in [2.45, 2.75) is 73.7 Å². The van der Waals surface area contributed by atoms with Crippen LogP contribution in [-0.4, -0.2) is 102 Å². The smallest absolute Gasteiger partial charge is 0.323 e. The molecule has 3 atom stereocenters. The second-order valence-corrected chi connectivity index (χ2v) is 23.5. The molecule has 0 spiro atoms. The number of thiazole rings is 1. The molecule has 0 aliphatic rings. The Labute approximate surface area is 469 Å². The summed E-state index contributed by atoms with van der Waals surface area (Å²) in [5.41, 5.74) is 3.21. The first-order chi connectivity index (χ1) is 38.4. The summed E-state index contributed by atoms with van der Waals surface area (Å²) in [4.78, 5) is 29.4. The van der Waals surface area contributed by atoms with Crippen molar-refractivity contribution in [3.8, 4) is 23.0 Å². The molecule has 420 valence electrons. The Bertz CT molecular complexity index is 3530. The number of nitrogens with zero attached hydrogens (tertiary/aromatic N) is 4. The van der Waals surface area contributed by atoms with Crippen molar-refractivity contribution >= 4 is 53.6 Å². The first-order valence-electron chi connectivity index (χ1n) is 25.4. The fourth-order valence-corrected chi connectivity index (χ4v) is 12.3. The van der Waals surface area contributed by atoms with Crippen molar-refractivity contribution in [1.29, 1.82) is 0 Å². The van der Waals surface area contributed by atoms with Gasteiger partial charge >= 0.3 is 11.9 Å². The van der Waals surface area contributed by atoms with Gasteiger partial charge in [0.25, 0.3) is 20.1 Å². The molecule has 8 rings (SSSR count). The Morgan fingerprint density at radius 3 is 1.95 bits per heavy atom. The quantitative estimate of drug-likeness (QED) is 0.0280. The van der Waals surface area contributed by atoms with Gasteiger partial charge in [0.1, 0.15) is 60.1 Å². The van der Waals surface area contributed by atoms with E-state index in [1.54, 1.807) is 104 Å². The lowest BCUT2D eigenvalue weighted by Gasteiger charge is -2.36. The predicted molar refractivity (Wildman–Crippen MR) is 300 cm³/mol. The van der Waals surface area contributed by atoms with Crippen LogP contribution in [0.1, 0.15) is 60.3 Å². The van der Waals surface area contributed by atoms with Gasteiger partial charge in [-0.25, -0.2) is 18.1 Å². The van der Waals surface area contributed by atoms with Crippen LogP contribution in [0, 0.1) is 12.8 Å². The summed E-state index contributed by atoms with van der Waals surface area (Å²) in [7, 11) is -3.98. The van der Waals surface area contributed by atoms with Crippen molar-refractivity contribution in [3.63, 3.8) is 0 Å². The van der Waals surface area contributed by atoms with Gasteiger partial charge < -0.3 is 33.7 Å². The Balaban J connectivity index is 0.916. The second kappa shape index (κ2) is 26.0. The number of rotatable bonds is 27. The zero-order valence-corrected chi connectivity index (χ0v) is 47.5. The predicted octanol–water partition coefficient (Wildman–Crippen LogP) is 8.35. The number of esters is 2. The molecule has 80 heavy (non-hydrogen) atoms. The number of hydrogen-bond acceptors (Lipinski definition) is 18. The molecular weight excluding hydrogens is 1080 g/mol. The molecular formula is C58H62N6O13S3. The third-order valence-corrected chi connectivity index (χ3v) is 17.2. The highest BCUT2D eigenvalue weighted by molar-refractivity contribution is 7.91. The van der Waals surface area contributed by atoms with Gasteiger partial charge in [0.15, 0.2) is 6.10 Å². The minimum Gasteiger partial charge on any atom is -0.497 e. The molecule has 0 amide bonds. The van der Waals surface area contributed by atoms with E-state index >= 15 is 0 Å². The highest BCUT2D eigenvalue weighted by Crippen LogP contribution is 2.41. The maximum absolute atomic E-state index is 14.7. The highest BCUT2D eigenvalue weighted by atomic mass is 32.2. The molecule has 0 bridgehead atoms. The average molecular weight is 1150 g/mol. The second-order valence-electron chi connectivity index (χ2n) is 19.0. The molecule has 2 unspecified atom stereocenters. The van der Waals surface area contributed by atoms with Crippen molar-refractivity contribution in [2.24, 2.45) is 5.92 Å². The summed E-state index contributed by atoms with van der Waals surface area (Å²) in [6, 6.07) is 41.1. The van der Waals surface area contributed by atoms with Crippen molar-refractivity contribution in [3.05, 3.63) is 185 Å². The molecule has 0 saturated heterocycles. The van der Waals surface area contributed by atoms with Gasteiger partial charge in [-0.05, 0) is 108 Å². The van der Waals surface area contributed by atoms with Gasteiger partial charge in [0, 0.05) is 13.5 Å². The number of ether oxygens (including phenoxy) is 6. The summed E-state index contributed by atoms with van der Waals surface area (Å²) < 4.78 is 99.2. The summed E-state index contributed by atoms with van der Waals surface area (Å²) in [6.07, 6.45) is 1.07. The number of benzene rings is 6. The number of sulfonamides is 1. The van der Waals surface area contributed by atoms with E-state index in [-0.39, 0.29) is 40.8 Å². The third-order valence-electron chi connectivity index (χ3n) is 13.1. The van der Waals surface area contributed by atoms with E-state index in [1.807, 2.05) is 75.4 Å². The molecule has 0 aliphatic heterocycles. The van der Waals surface area contributed by atoms with Crippen LogP contribution in [0.25, 0.3) is 10.2 Å². The van der Waals surface area contributed by atoms with Crippen LogP contribution in [0.2, 0.25) is 0 Å². The summed E-state index contributed by atoms with van der Waals surface area (Å²) in [5, 5.41) is 12.2. The monoisotopic (exact) mass is 1150 g/mol. The van der Waals surface area contributed by atoms with Crippen LogP contribution in [0.3, 0.4) is 0 Å². The lowest BCUT2D eigenvalue weighted by Crippen LogP contribution is -2.47. The van der Waals surface area contributed by atoms with Crippen LogP contribution in [-0.2, 0) is 62.0 Å². The van der Waals surface area contributed by atoms with E-state index in [4.69, 9.17) is 32.6 Å². The zero-order chi connectivity index (χ0) is 57.0. The normalized spacial score (nSPS) is 13.1. The van der Waals surface area contributed by atoms with Gasteiger partial charge in [0.2, 0.25) is 4.34 Å². The standard InChI is InChI=1S/C58H62N6O13S3/c1-38(2)54(33-59-53(56(66)73-7)31-41-15-21-48(22-16-41)77-50(36-74-40(4)65)37-76-80(69,70)51-28-13-39(3)14-29-51)64-34-45(61-63-64)35-75-49-27-30-52-55(32-49)78-57(60-52)79(67,68)62-58(42-11-9-8-10-12-42,43-17-23-46(71-5)24-18-43)44-19-25-47(72-6)26-20-44/h8-30,32,34,38,50,53-54,59,62H,31,33,35-37H2,1-7H3/t50?,53?,54-/m0/s1. The largest absolute Gasteiger partial charge is 0.497 e. The van der Waals surface area contributed by atoms with Crippen LogP contribution < -0.4 is 29.0 Å². The number of carbonyl (C=O) groups excluding carboxylic acids is 2. The summed E-state index contributed by atoms with van der Waals surface area (Å²) >= 11 is 1.01. The fraction of sp³-hybridized carbons (Fsp3) is 0.293. The molecule has 2 aromatic heterocycles. The van der Waals surface area contributed by atoms with Crippen LogP contribution in [0.5, 0.6) is 23.0 Å². The van der Waals surface area contributed by atoms with Gasteiger partial charge in [-0.1, -0.05) is 103 Å².